The number of rotatable bonds is 3. The van der Waals surface area contributed by atoms with Crippen molar-refractivity contribution in [1.29, 1.82) is 0 Å². The fraction of sp³-hybridized carbons (Fsp3) is 0.222. The molecule has 1 N–H and O–H groups in total. The Bertz CT molecular complexity index is 353. The number of carboxylic acid groups (broad SMARTS) is 1. The number of carboxylic acids is 1. The van der Waals surface area contributed by atoms with Gasteiger partial charge in [0.05, 0.1) is 5.56 Å². The first-order valence-electron chi connectivity index (χ1n) is 3.91. The third-order valence-corrected chi connectivity index (χ3v) is 1.54. The Morgan fingerprint density at radius 2 is 1.81 bits per heavy atom. The second-order valence-corrected chi connectivity index (χ2v) is 2.70. The van der Waals surface area contributed by atoms with Gasteiger partial charge in [0.25, 0.3) is 0 Å². The van der Waals surface area contributed by atoms with E-state index in [0.29, 0.717) is 0 Å². The van der Waals surface area contributed by atoms with Gasteiger partial charge in [-0.25, -0.2) is 4.79 Å². The van der Waals surface area contributed by atoms with Gasteiger partial charge in [0.15, 0.2) is 6.61 Å². The van der Waals surface area contributed by atoms with Gasteiger partial charge in [-0.05, 0) is 24.3 Å². The predicted octanol–water partition coefficient (Wildman–Crippen LogP) is -0.715. The summed E-state index contributed by atoms with van der Waals surface area (Å²) >= 11 is 0. The van der Waals surface area contributed by atoms with E-state index in [9.17, 15) is 18.0 Å². The number of hydrogen-bond donors (Lipinski definition) is 1. The first-order valence-corrected chi connectivity index (χ1v) is 3.91. The molecular formula is C9H8F3NaO3. The maximum Gasteiger partial charge on any atom is 1.00 e. The summed E-state index contributed by atoms with van der Waals surface area (Å²) in [4.78, 5) is 10.1. The predicted molar refractivity (Wildman–Crippen MR) is 45.7 cm³/mol. The van der Waals surface area contributed by atoms with Crippen molar-refractivity contribution in [2.45, 2.75) is 6.18 Å². The van der Waals surface area contributed by atoms with Crippen molar-refractivity contribution in [3.05, 3.63) is 29.8 Å². The number of ether oxygens (including phenoxy) is 1. The molecule has 16 heavy (non-hydrogen) atoms. The monoisotopic (exact) mass is 244 g/mol. The average Bonchev–Trinajstić information content (AvgIpc) is 2.14. The Kier molecular flexibility index (Phi) is 5.85. The van der Waals surface area contributed by atoms with Crippen LogP contribution in [0.25, 0.3) is 0 Å². The number of benzene rings is 1. The van der Waals surface area contributed by atoms with E-state index in [1.54, 1.807) is 0 Å². The van der Waals surface area contributed by atoms with Crippen LogP contribution in [-0.4, -0.2) is 17.7 Å². The normalized spacial score (nSPS) is 10.4. The zero-order chi connectivity index (χ0) is 11.5. The minimum absolute atomic E-state index is 0. The van der Waals surface area contributed by atoms with Gasteiger partial charge in [-0.15, -0.1) is 0 Å². The molecular weight excluding hydrogens is 236 g/mol. The van der Waals surface area contributed by atoms with Crippen LogP contribution in [0, 0.1) is 0 Å². The minimum Gasteiger partial charge on any atom is -1.00 e. The summed E-state index contributed by atoms with van der Waals surface area (Å²) < 4.78 is 41.0. The number of alkyl halides is 3. The molecule has 0 aliphatic carbocycles. The Hall–Kier alpha value is -0.720. The topological polar surface area (TPSA) is 46.5 Å². The van der Waals surface area contributed by atoms with Crippen molar-refractivity contribution in [2.75, 3.05) is 6.61 Å². The van der Waals surface area contributed by atoms with Gasteiger partial charge in [-0.2, -0.15) is 13.2 Å². The maximum atomic E-state index is 12.1. The van der Waals surface area contributed by atoms with Gasteiger partial charge in [-0.3, -0.25) is 0 Å². The summed E-state index contributed by atoms with van der Waals surface area (Å²) in [5.41, 5.74) is -0.801. The summed E-state index contributed by atoms with van der Waals surface area (Å²) in [7, 11) is 0. The molecule has 0 unspecified atom stereocenters. The smallest absolute Gasteiger partial charge is 1.00 e. The molecule has 1 rings (SSSR count). The number of aliphatic carboxylic acids is 1. The molecule has 0 radical (unpaired) electrons. The Balaban J connectivity index is 0. The van der Waals surface area contributed by atoms with E-state index in [0.717, 1.165) is 24.3 Å². The van der Waals surface area contributed by atoms with Gasteiger partial charge in [-0.1, -0.05) is 0 Å². The van der Waals surface area contributed by atoms with E-state index in [4.69, 9.17) is 5.11 Å². The molecule has 0 bridgehead atoms. The van der Waals surface area contributed by atoms with Gasteiger partial charge >= 0.3 is 41.7 Å². The summed E-state index contributed by atoms with van der Waals surface area (Å²) in [6.45, 7) is -0.578. The molecule has 0 aliphatic rings. The number of halogens is 3. The maximum absolute atomic E-state index is 12.1. The Morgan fingerprint density at radius 3 is 2.19 bits per heavy atom. The van der Waals surface area contributed by atoms with E-state index in [1.165, 1.54) is 0 Å². The second kappa shape index (κ2) is 6.12. The van der Waals surface area contributed by atoms with Gasteiger partial charge in [0.2, 0.25) is 0 Å². The molecule has 1 aromatic rings. The SMILES string of the molecule is O=C(O)COc1ccc(C(F)(F)F)cc1.[H-].[Na+]. The van der Waals surface area contributed by atoms with Gasteiger partial charge in [0, 0.05) is 0 Å². The minimum atomic E-state index is -4.40. The molecule has 0 amide bonds. The van der Waals surface area contributed by atoms with E-state index < -0.39 is 24.3 Å². The molecule has 0 aromatic heterocycles. The van der Waals surface area contributed by atoms with Crippen LogP contribution in [0.5, 0.6) is 5.75 Å². The molecule has 0 atom stereocenters. The summed E-state index contributed by atoms with van der Waals surface area (Å²) in [6.07, 6.45) is -4.40. The third-order valence-electron chi connectivity index (χ3n) is 1.54. The van der Waals surface area contributed by atoms with Crippen molar-refractivity contribution in [3.8, 4) is 5.75 Å². The summed E-state index contributed by atoms with van der Waals surface area (Å²) in [5, 5.41) is 8.25. The molecule has 0 heterocycles. The number of hydrogen-bond acceptors (Lipinski definition) is 2. The van der Waals surface area contributed by atoms with Crippen LogP contribution in [0.3, 0.4) is 0 Å². The molecule has 0 fully saturated rings. The van der Waals surface area contributed by atoms with Crippen LogP contribution < -0.4 is 34.3 Å². The fourth-order valence-electron chi connectivity index (χ4n) is 0.885. The second-order valence-electron chi connectivity index (χ2n) is 2.70. The molecule has 0 spiro atoms. The molecule has 7 heteroatoms. The molecule has 0 saturated carbocycles. The van der Waals surface area contributed by atoms with Crippen LogP contribution in [-0.2, 0) is 11.0 Å². The Labute approximate surface area is 113 Å². The number of carbonyl (C=O) groups is 1. The van der Waals surface area contributed by atoms with Crippen molar-refractivity contribution >= 4 is 5.97 Å². The molecule has 1 aromatic carbocycles. The van der Waals surface area contributed by atoms with Crippen LogP contribution in [0.4, 0.5) is 13.2 Å². The van der Waals surface area contributed by atoms with E-state index in [2.05, 4.69) is 4.74 Å². The van der Waals surface area contributed by atoms with Crippen LogP contribution >= 0.6 is 0 Å². The van der Waals surface area contributed by atoms with E-state index >= 15 is 0 Å². The van der Waals surface area contributed by atoms with Crippen molar-refractivity contribution < 1.29 is 58.8 Å². The van der Waals surface area contributed by atoms with Crippen LogP contribution in [0.1, 0.15) is 6.99 Å². The largest absolute Gasteiger partial charge is 1.00 e. The van der Waals surface area contributed by atoms with Gasteiger partial charge in [0.1, 0.15) is 5.75 Å². The summed E-state index contributed by atoms with van der Waals surface area (Å²) in [5.74, 6) is -1.10. The van der Waals surface area contributed by atoms with Gasteiger partial charge < -0.3 is 11.3 Å². The van der Waals surface area contributed by atoms with Crippen LogP contribution in [0.2, 0.25) is 0 Å². The quantitative estimate of drug-likeness (QED) is 0.714. The molecule has 84 valence electrons. The average molecular weight is 244 g/mol. The summed E-state index contributed by atoms with van der Waals surface area (Å²) in [6, 6.07) is 3.81. The Morgan fingerprint density at radius 1 is 1.31 bits per heavy atom. The fourth-order valence-corrected chi connectivity index (χ4v) is 0.885. The van der Waals surface area contributed by atoms with E-state index in [-0.39, 0.29) is 36.7 Å². The standard InChI is InChI=1S/C9H7F3O3.Na.H/c10-9(11,12)6-1-3-7(4-2-6)15-5-8(13)14;;/h1-4H,5H2,(H,13,14);;/q;+1;-1. The zero-order valence-corrected chi connectivity index (χ0v) is 10.4. The van der Waals surface area contributed by atoms with E-state index in [1.807, 2.05) is 0 Å². The van der Waals surface area contributed by atoms with Crippen molar-refractivity contribution in [1.82, 2.24) is 0 Å². The molecule has 3 nitrogen and oxygen atoms in total. The first-order chi connectivity index (χ1) is 6.89. The first kappa shape index (κ1) is 15.3. The molecule has 0 saturated heterocycles. The zero-order valence-electron chi connectivity index (χ0n) is 9.41. The van der Waals surface area contributed by atoms with Crippen LogP contribution in [0.15, 0.2) is 24.3 Å². The van der Waals surface area contributed by atoms with Crippen molar-refractivity contribution in [3.63, 3.8) is 0 Å². The van der Waals surface area contributed by atoms with Crippen molar-refractivity contribution in [2.24, 2.45) is 0 Å². The molecule has 0 aliphatic heterocycles. The third kappa shape index (κ3) is 4.87.